The smallest absolute Gasteiger partial charge is 0.0826 e. The Morgan fingerprint density at radius 3 is 3.18 bits per heavy atom. The van der Waals surface area contributed by atoms with E-state index in [2.05, 4.69) is 43.8 Å². The molecule has 1 unspecified atom stereocenters. The summed E-state index contributed by atoms with van der Waals surface area (Å²) < 4.78 is 6.95. The number of rotatable bonds is 5. The molecule has 1 N–H and O–H groups in total. The largest absolute Gasteiger partial charge is 0.374 e. The maximum absolute atomic E-state index is 5.75. The monoisotopic (exact) mass is 318 g/mol. The van der Waals surface area contributed by atoms with Gasteiger partial charge < -0.3 is 10.1 Å². The molecule has 1 aliphatic heterocycles. The highest BCUT2D eigenvalue weighted by Crippen LogP contribution is 2.20. The van der Waals surface area contributed by atoms with E-state index in [4.69, 9.17) is 4.74 Å². The van der Waals surface area contributed by atoms with Crippen molar-refractivity contribution in [3.05, 3.63) is 20.8 Å². The van der Waals surface area contributed by atoms with E-state index < -0.39 is 0 Å². The molecule has 1 atom stereocenters. The van der Waals surface area contributed by atoms with E-state index in [0.717, 1.165) is 39.3 Å². The summed E-state index contributed by atoms with van der Waals surface area (Å²) in [6.07, 6.45) is 0.334. The fraction of sp³-hybridized carbons (Fsp3) is 0.667. The van der Waals surface area contributed by atoms with E-state index in [-0.39, 0.29) is 0 Å². The van der Waals surface area contributed by atoms with E-state index >= 15 is 0 Å². The first-order chi connectivity index (χ1) is 8.29. The highest BCUT2D eigenvalue weighted by Gasteiger charge is 2.18. The minimum Gasteiger partial charge on any atom is -0.374 e. The molecule has 0 aromatic carbocycles. The van der Waals surface area contributed by atoms with Crippen LogP contribution in [0.3, 0.4) is 0 Å². The third kappa shape index (κ3) is 4.03. The van der Waals surface area contributed by atoms with E-state index in [9.17, 15) is 0 Å². The van der Waals surface area contributed by atoms with Gasteiger partial charge in [-0.3, -0.25) is 4.90 Å². The second kappa shape index (κ2) is 6.85. The zero-order valence-corrected chi connectivity index (χ0v) is 12.5. The molecule has 3 nitrogen and oxygen atoms in total. The van der Waals surface area contributed by atoms with Crippen LogP contribution in [0, 0.1) is 0 Å². The molecular formula is C12H19BrN2OS. The van der Waals surface area contributed by atoms with Crippen LogP contribution in [0.2, 0.25) is 0 Å². The van der Waals surface area contributed by atoms with Crippen molar-refractivity contribution in [1.29, 1.82) is 0 Å². The fourth-order valence-electron chi connectivity index (χ4n) is 1.99. The molecule has 2 rings (SSSR count). The summed E-state index contributed by atoms with van der Waals surface area (Å²) in [5.74, 6) is 0. The molecule has 1 aromatic rings. The summed E-state index contributed by atoms with van der Waals surface area (Å²) in [6, 6.07) is 0. The molecule has 0 radical (unpaired) electrons. The van der Waals surface area contributed by atoms with E-state index in [0.29, 0.717) is 6.10 Å². The van der Waals surface area contributed by atoms with Crippen LogP contribution in [-0.4, -0.2) is 43.8 Å². The summed E-state index contributed by atoms with van der Waals surface area (Å²) in [5, 5.41) is 7.76. The molecule has 0 amide bonds. The number of hydrogen-bond acceptors (Lipinski definition) is 4. The quantitative estimate of drug-likeness (QED) is 0.901. The molecule has 17 heavy (non-hydrogen) atoms. The molecule has 1 aliphatic rings. The first-order valence-corrected chi connectivity index (χ1v) is 7.78. The maximum Gasteiger partial charge on any atom is 0.0826 e. The number of nitrogens with zero attached hydrogens (tertiary/aromatic N) is 1. The molecule has 96 valence electrons. The Morgan fingerprint density at radius 1 is 1.59 bits per heavy atom. The Kier molecular flexibility index (Phi) is 5.44. The van der Waals surface area contributed by atoms with Gasteiger partial charge in [0.05, 0.1) is 12.7 Å². The Morgan fingerprint density at radius 2 is 2.47 bits per heavy atom. The van der Waals surface area contributed by atoms with E-state index in [1.54, 1.807) is 11.3 Å². The summed E-state index contributed by atoms with van der Waals surface area (Å²) in [7, 11) is 0. The van der Waals surface area contributed by atoms with Crippen LogP contribution in [0.25, 0.3) is 0 Å². The summed E-state index contributed by atoms with van der Waals surface area (Å²) >= 11 is 5.27. The minimum absolute atomic E-state index is 0.334. The van der Waals surface area contributed by atoms with Crippen LogP contribution in [0.4, 0.5) is 0 Å². The van der Waals surface area contributed by atoms with Gasteiger partial charge in [0.15, 0.2) is 0 Å². The summed E-state index contributed by atoms with van der Waals surface area (Å²) in [4.78, 5) is 2.44. The van der Waals surface area contributed by atoms with Gasteiger partial charge in [0, 0.05) is 36.0 Å². The van der Waals surface area contributed by atoms with Gasteiger partial charge in [-0.25, -0.2) is 0 Å². The second-order valence-corrected chi connectivity index (χ2v) is 5.86. The van der Waals surface area contributed by atoms with Crippen molar-refractivity contribution in [3.63, 3.8) is 0 Å². The second-order valence-electron chi connectivity index (χ2n) is 4.26. The lowest BCUT2D eigenvalue weighted by molar-refractivity contribution is -0.0253. The molecule has 1 fully saturated rings. The zero-order chi connectivity index (χ0) is 12.1. The lowest BCUT2D eigenvalue weighted by atomic mass is 10.2. The Hall–Kier alpha value is 0.0600. The van der Waals surface area contributed by atoms with Crippen molar-refractivity contribution in [3.8, 4) is 0 Å². The molecule has 1 aromatic heterocycles. The Bertz CT molecular complexity index is 345. The number of ether oxygens (including phenoxy) is 1. The molecule has 0 bridgehead atoms. The summed E-state index contributed by atoms with van der Waals surface area (Å²) in [5.41, 5.74) is 1.33. The van der Waals surface area contributed by atoms with Gasteiger partial charge in [-0.05, 0) is 33.4 Å². The first-order valence-electron chi connectivity index (χ1n) is 6.05. The lowest BCUT2D eigenvalue weighted by Crippen LogP contribution is -2.46. The van der Waals surface area contributed by atoms with Crippen molar-refractivity contribution in [2.75, 3.05) is 32.8 Å². The number of morpholine rings is 1. The number of likely N-dealkylation sites (N-methyl/N-ethyl adjacent to an activating group) is 1. The van der Waals surface area contributed by atoms with Crippen LogP contribution in [-0.2, 0) is 11.3 Å². The summed E-state index contributed by atoms with van der Waals surface area (Å²) in [6.45, 7) is 8.16. The minimum atomic E-state index is 0.334. The fourth-order valence-corrected chi connectivity index (χ4v) is 3.44. The topological polar surface area (TPSA) is 24.5 Å². The van der Waals surface area contributed by atoms with Gasteiger partial charge >= 0.3 is 0 Å². The van der Waals surface area contributed by atoms with Crippen LogP contribution in [0.5, 0.6) is 0 Å². The third-order valence-corrected chi connectivity index (χ3v) is 4.88. The third-order valence-electron chi connectivity index (χ3n) is 3.05. The van der Waals surface area contributed by atoms with E-state index in [1.807, 2.05) is 0 Å². The lowest BCUT2D eigenvalue weighted by Gasteiger charge is -2.32. The highest BCUT2D eigenvalue weighted by atomic mass is 79.9. The van der Waals surface area contributed by atoms with Gasteiger partial charge in [-0.1, -0.05) is 6.92 Å². The Balaban J connectivity index is 1.70. The van der Waals surface area contributed by atoms with Gasteiger partial charge in [-0.15, -0.1) is 0 Å². The number of hydrogen-bond donors (Lipinski definition) is 1. The molecular weight excluding hydrogens is 300 g/mol. The average Bonchev–Trinajstić information content (AvgIpc) is 2.76. The first kappa shape index (κ1) is 13.5. The average molecular weight is 319 g/mol. The van der Waals surface area contributed by atoms with Crippen LogP contribution >= 0.6 is 27.3 Å². The van der Waals surface area contributed by atoms with Gasteiger partial charge in [-0.2, -0.15) is 11.3 Å². The molecule has 0 spiro atoms. The molecule has 2 heterocycles. The number of nitrogens with one attached hydrogen (secondary N) is 1. The van der Waals surface area contributed by atoms with Crippen LogP contribution in [0.15, 0.2) is 15.2 Å². The SMILES string of the molecule is CCN1CCOC(CNCc2cscc2Br)C1. The predicted molar refractivity (Wildman–Crippen MR) is 75.6 cm³/mol. The predicted octanol–water partition coefficient (Wildman–Crippen LogP) is 2.32. The van der Waals surface area contributed by atoms with Crippen LogP contribution in [0.1, 0.15) is 12.5 Å². The maximum atomic E-state index is 5.75. The highest BCUT2D eigenvalue weighted by molar-refractivity contribution is 9.10. The molecule has 5 heteroatoms. The van der Waals surface area contributed by atoms with Crippen molar-refractivity contribution >= 4 is 27.3 Å². The zero-order valence-electron chi connectivity index (χ0n) is 10.1. The van der Waals surface area contributed by atoms with Gasteiger partial charge in [0.25, 0.3) is 0 Å². The van der Waals surface area contributed by atoms with Gasteiger partial charge in [0.1, 0.15) is 0 Å². The van der Waals surface area contributed by atoms with Crippen LogP contribution < -0.4 is 5.32 Å². The van der Waals surface area contributed by atoms with Crippen molar-refractivity contribution in [2.24, 2.45) is 0 Å². The number of halogens is 1. The van der Waals surface area contributed by atoms with Crippen molar-refractivity contribution in [2.45, 2.75) is 19.6 Å². The molecule has 1 saturated heterocycles. The normalized spacial score (nSPS) is 21.9. The molecule has 0 saturated carbocycles. The van der Waals surface area contributed by atoms with Crippen molar-refractivity contribution in [1.82, 2.24) is 10.2 Å². The standard InChI is InChI=1S/C12H19BrN2OS/c1-2-15-3-4-16-11(7-15)6-14-5-10-8-17-9-12(10)13/h8-9,11,14H,2-7H2,1H3. The number of thiophene rings is 1. The van der Waals surface area contributed by atoms with Gasteiger partial charge in [0.2, 0.25) is 0 Å². The van der Waals surface area contributed by atoms with Crippen molar-refractivity contribution < 1.29 is 4.74 Å². The Labute approximate surface area is 115 Å². The molecule has 0 aliphatic carbocycles. The van der Waals surface area contributed by atoms with E-state index in [1.165, 1.54) is 10.0 Å².